The first-order valence-corrected chi connectivity index (χ1v) is 8.86. The normalized spacial score (nSPS) is 26.8. The Morgan fingerprint density at radius 1 is 0.952 bits per heavy atom. The molecule has 2 unspecified atom stereocenters. The van der Waals surface area contributed by atoms with E-state index in [1.54, 1.807) is 5.56 Å². The van der Waals surface area contributed by atoms with E-state index < -0.39 is 0 Å². The summed E-state index contributed by atoms with van der Waals surface area (Å²) in [4.78, 5) is 0. The lowest BCUT2D eigenvalue weighted by molar-refractivity contribution is 0.130. The van der Waals surface area contributed by atoms with Crippen LogP contribution in [0.15, 0.2) is 24.3 Å². The van der Waals surface area contributed by atoms with Crippen LogP contribution in [0, 0.1) is 11.3 Å². The van der Waals surface area contributed by atoms with Crippen LogP contribution >= 0.6 is 0 Å². The Bertz CT molecular complexity index is 450. The fourth-order valence-corrected chi connectivity index (χ4v) is 3.99. The summed E-state index contributed by atoms with van der Waals surface area (Å²) in [6, 6.07) is 10.0. The van der Waals surface area contributed by atoms with Gasteiger partial charge >= 0.3 is 0 Å². The Labute approximate surface area is 130 Å². The smallest absolute Gasteiger partial charge is 0.0208 e. The van der Waals surface area contributed by atoms with Crippen LogP contribution in [0.1, 0.15) is 76.3 Å². The summed E-state index contributed by atoms with van der Waals surface area (Å²) in [5.41, 5.74) is 3.41. The van der Waals surface area contributed by atoms with Crippen molar-refractivity contribution in [2.45, 2.75) is 77.8 Å². The first-order valence-electron chi connectivity index (χ1n) is 8.86. The topological polar surface area (TPSA) is 12.0 Å². The van der Waals surface area contributed by atoms with Crippen molar-refractivity contribution in [2.75, 3.05) is 0 Å². The average Bonchev–Trinajstić information content (AvgIpc) is 3.30. The molecule has 2 saturated carbocycles. The lowest BCUT2D eigenvalue weighted by Gasteiger charge is -2.41. The highest BCUT2D eigenvalue weighted by atomic mass is 14.9. The molecule has 1 aromatic rings. The highest BCUT2D eigenvalue weighted by molar-refractivity contribution is 5.28. The van der Waals surface area contributed by atoms with Crippen molar-refractivity contribution in [1.29, 1.82) is 0 Å². The molecule has 2 fully saturated rings. The minimum atomic E-state index is 0.425. The average molecular weight is 285 g/mol. The molecule has 2 atom stereocenters. The lowest BCUT2D eigenvalue weighted by Crippen LogP contribution is -2.43. The molecule has 1 nitrogen and oxygen atoms in total. The van der Waals surface area contributed by atoms with Crippen molar-refractivity contribution >= 4 is 0 Å². The summed E-state index contributed by atoms with van der Waals surface area (Å²) in [6.45, 7) is 8.24. The highest BCUT2D eigenvalue weighted by Crippen LogP contribution is 2.40. The van der Waals surface area contributed by atoms with Gasteiger partial charge < -0.3 is 5.32 Å². The zero-order valence-electron chi connectivity index (χ0n) is 14.0. The molecule has 0 radical (unpaired) electrons. The monoisotopic (exact) mass is 285 g/mol. The standard InChI is InChI=1S/C20H31N/c1-20(2,3)18-6-4-5-7-19(18)21-14-15-8-10-16(11-9-15)17-12-13-17/h8-11,17-19,21H,4-7,12-14H2,1-3H3. The van der Waals surface area contributed by atoms with E-state index in [4.69, 9.17) is 0 Å². The Balaban J connectivity index is 1.57. The van der Waals surface area contributed by atoms with Gasteiger partial charge in [-0.25, -0.2) is 0 Å². The summed E-state index contributed by atoms with van der Waals surface area (Å²) in [5, 5.41) is 3.86. The molecule has 2 aliphatic rings. The van der Waals surface area contributed by atoms with Gasteiger partial charge in [-0.1, -0.05) is 57.9 Å². The zero-order valence-corrected chi connectivity index (χ0v) is 14.0. The van der Waals surface area contributed by atoms with Crippen LogP contribution in [0.2, 0.25) is 0 Å². The maximum atomic E-state index is 3.86. The van der Waals surface area contributed by atoms with Gasteiger partial charge in [-0.3, -0.25) is 0 Å². The Morgan fingerprint density at radius 3 is 2.24 bits per heavy atom. The van der Waals surface area contributed by atoms with Crippen molar-refractivity contribution in [2.24, 2.45) is 11.3 Å². The van der Waals surface area contributed by atoms with Gasteiger partial charge in [0.05, 0.1) is 0 Å². The Hall–Kier alpha value is -0.820. The third-order valence-electron chi connectivity index (χ3n) is 5.48. The van der Waals surface area contributed by atoms with Gasteiger partial charge in [-0.15, -0.1) is 0 Å². The van der Waals surface area contributed by atoms with Crippen molar-refractivity contribution in [1.82, 2.24) is 5.32 Å². The van der Waals surface area contributed by atoms with E-state index in [0.717, 1.165) is 18.4 Å². The van der Waals surface area contributed by atoms with Gasteiger partial charge in [-0.2, -0.15) is 0 Å². The second-order valence-electron chi connectivity index (χ2n) is 8.26. The summed E-state index contributed by atoms with van der Waals surface area (Å²) < 4.78 is 0. The molecular formula is C20H31N. The first-order chi connectivity index (χ1) is 10.0. The summed E-state index contributed by atoms with van der Waals surface area (Å²) in [6.07, 6.45) is 8.34. The molecule has 0 heterocycles. The molecular weight excluding hydrogens is 254 g/mol. The number of hydrogen-bond acceptors (Lipinski definition) is 1. The second-order valence-corrected chi connectivity index (χ2v) is 8.26. The van der Waals surface area contributed by atoms with Crippen LogP contribution in [0.5, 0.6) is 0 Å². The van der Waals surface area contributed by atoms with E-state index in [0.29, 0.717) is 11.5 Å². The SMILES string of the molecule is CC(C)(C)C1CCCCC1NCc1ccc(C2CC2)cc1. The van der Waals surface area contributed by atoms with E-state index in [1.165, 1.54) is 44.1 Å². The molecule has 1 N–H and O–H groups in total. The number of rotatable bonds is 4. The van der Waals surface area contributed by atoms with Gasteiger partial charge in [0.1, 0.15) is 0 Å². The molecule has 0 aliphatic heterocycles. The fraction of sp³-hybridized carbons (Fsp3) is 0.700. The fourth-order valence-electron chi connectivity index (χ4n) is 3.99. The zero-order chi connectivity index (χ0) is 14.9. The van der Waals surface area contributed by atoms with E-state index in [9.17, 15) is 0 Å². The van der Waals surface area contributed by atoms with Gasteiger partial charge in [0.15, 0.2) is 0 Å². The van der Waals surface area contributed by atoms with Crippen LogP contribution in [-0.2, 0) is 6.54 Å². The lowest BCUT2D eigenvalue weighted by atomic mass is 9.69. The van der Waals surface area contributed by atoms with Gasteiger partial charge in [0.25, 0.3) is 0 Å². The van der Waals surface area contributed by atoms with E-state index >= 15 is 0 Å². The molecule has 0 aromatic heterocycles. The molecule has 116 valence electrons. The molecule has 3 rings (SSSR count). The predicted octanol–water partition coefficient (Wildman–Crippen LogP) is 5.26. The Kier molecular flexibility index (Phi) is 4.40. The predicted molar refractivity (Wildman–Crippen MR) is 90.5 cm³/mol. The molecule has 0 bridgehead atoms. The van der Waals surface area contributed by atoms with Crippen LogP contribution in [0.3, 0.4) is 0 Å². The van der Waals surface area contributed by atoms with Gasteiger partial charge in [-0.05, 0) is 54.1 Å². The van der Waals surface area contributed by atoms with Crippen molar-refractivity contribution in [3.63, 3.8) is 0 Å². The van der Waals surface area contributed by atoms with E-state index in [-0.39, 0.29) is 0 Å². The summed E-state index contributed by atoms with van der Waals surface area (Å²) in [5.74, 6) is 1.69. The number of nitrogens with one attached hydrogen (secondary N) is 1. The van der Waals surface area contributed by atoms with E-state index in [1.807, 2.05) is 0 Å². The van der Waals surface area contributed by atoms with Gasteiger partial charge in [0.2, 0.25) is 0 Å². The third kappa shape index (κ3) is 3.88. The quantitative estimate of drug-likeness (QED) is 0.796. The number of hydrogen-bond donors (Lipinski definition) is 1. The molecule has 0 amide bonds. The summed E-state index contributed by atoms with van der Waals surface area (Å²) in [7, 11) is 0. The third-order valence-corrected chi connectivity index (χ3v) is 5.48. The molecule has 2 aliphatic carbocycles. The molecule has 0 spiro atoms. The maximum absolute atomic E-state index is 3.86. The first kappa shape index (κ1) is 15.1. The van der Waals surface area contributed by atoms with Crippen molar-refractivity contribution in [3.8, 4) is 0 Å². The summed E-state index contributed by atoms with van der Waals surface area (Å²) >= 11 is 0. The Morgan fingerprint density at radius 2 is 1.62 bits per heavy atom. The van der Waals surface area contributed by atoms with Gasteiger partial charge in [0, 0.05) is 12.6 Å². The number of benzene rings is 1. The maximum Gasteiger partial charge on any atom is 0.0208 e. The minimum Gasteiger partial charge on any atom is -0.310 e. The van der Waals surface area contributed by atoms with Crippen LogP contribution in [0.4, 0.5) is 0 Å². The largest absolute Gasteiger partial charge is 0.310 e. The molecule has 0 saturated heterocycles. The molecule has 1 heteroatoms. The van der Waals surface area contributed by atoms with Crippen LogP contribution < -0.4 is 5.32 Å². The van der Waals surface area contributed by atoms with Crippen molar-refractivity contribution < 1.29 is 0 Å². The van der Waals surface area contributed by atoms with Crippen LogP contribution in [0.25, 0.3) is 0 Å². The van der Waals surface area contributed by atoms with E-state index in [2.05, 4.69) is 50.4 Å². The second kappa shape index (κ2) is 6.12. The highest BCUT2D eigenvalue weighted by Gasteiger charge is 2.33. The molecule has 1 aromatic carbocycles. The van der Waals surface area contributed by atoms with Crippen molar-refractivity contribution in [3.05, 3.63) is 35.4 Å². The van der Waals surface area contributed by atoms with Crippen LogP contribution in [-0.4, -0.2) is 6.04 Å². The molecule has 21 heavy (non-hydrogen) atoms. The minimum absolute atomic E-state index is 0.425.